The maximum Gasteiger partial charge on any atom is 0.168 e. The summed E-state index contributed by atoms with van der Waals surface area (Å²) in [5.41, 5.74) is 0. The lowest BCUT2D eigenvalue weighted by Gasteiger charge is -2.09. The van der Waals surface area contributed by atoms with E-state index in [9.17, 15) is 8.78 Å². The second kappa shape index (κ2) is 10.4. The molecule has 1 heterocycles. The van der Waals surface area contributed by atoms with E-state index in [4.69, 9.17) is 0 Å². The van der Waals surface area contributed by atoms with Crippen molar-refractivity contribution < 1.29 is 8.78 Å². The molecular weight excluding hydrogens is 272 g/mol. The molecule has 0 saturated heterocycles. The highest BCUT2D eigenvalue weighted by atomic mass is 19.1. The van der Waals surface area contributed by atoms with Crippen molar-refractivity contribution in [2.45, 2.75) is 58.3 Å². The average Bonchev–Trinajstić information content (AvgIpc) is 2.47. The molecule has 0 aliphatic carbocycles. The summed E-state index contributed by atoms with van der Waals surface area (Å²) >= 11 is 0. The highest BCUT2D eigenvalue weighted by Crippen LogP contribution is 2.18. The van der Waals surface area contributed by atoms with Crippen LogP contribution in [0.25, 0.3) is 0 Å². The lowest BCUT2D eigenvalue weighted by Crippen LogP contribution is -2.08. The first-order chi connectivity index (χ1) is 10.2. The molecule has 5 heteroatoms. The molecule has 0 spiro atoms. The number of aromatic nitrogens is 1. The number of anilines is 2. The Hall–Kier alpha value is -1.39. The minimum atomic E-state index is -0.673. The van der Waals surface area contributed by atoms with E-state index in [1.165, 1.54) is 38.5 Å². The molecule has 2 N–H and O–H groups in total. The van der Waals surface area contributed by atoms with Gasteiger partial charge in [0.1, 0.15) is 0 Å². The number of halogens is 2. The summed E-state index contributed by atoms with van der Waals surface area (Å²) in [7, 11) is 1.56. The van der Waals surface area contributed by atoms with Crippen LogP contribution in [0.5, 0.6) is 0 Å². The molecular formula is C16H27F2N3. The smallest absolute Gasteiger partial charge is 0.168 e. The Labute approximate surface area is 126 Å². The molecule has 1 aromatic rings. The highest BCUT2D eigenvalue weighted by molar-refractivity contribution is 5.47. The van der Waals surface area contributed by atoms with Gasteiger partial charge in [0.15, 0.2) is 23.3 Å². The SMILES string of the molecule is CCCCCCCCCCNc1nc(NC)c(F)cc1F. The Morgan fingerprint density at radius 1 is 0.905 bits per heavy atom. The predicted molar refractivity (Wildman–Crippen MR) is 84.8 cm³/mol. The van der Waals surface area contributed by atoms with E-state index in [-0.39, 0.29) is 11.6 Å². The maximum absolute atomic E-state index is 13.5. The largest absolute Gasteiger partial charge is 0.371 e. The first-order valence-electron chi connectivity index (χ1n) is 7.96. The number of nitrogens with zero attached hydrogens (tertiary/aromatic N) is 1. The minimum absolute atomic E-state index is 0.0647. The van der Waals surface area contributed by atoms with Gasteiger partial charge in [-0.2, -0.15) is 0 Å². The fourth-order valence-corrected chi connectivity index (χ4v) is 2.23. The quantitative estimate of drug-likeness (QED) is 0.567. The van der Waals surface area contributed by atoms with Crippen molar-refractivity contribution in [1.29, 1.82) is 0 Å². The summed E-state index contributed by atoms with van der Waals surface area (Å²) in [6.45, 7) is 2.88. The summed E-state index contributed by atoms with van der Waals surface area (Å²) in [5, 5.41) is 5.54. The standard InChI is InChI=1S/C16H27F2N3/c1-3-4-5-6-7-8-9-10-11-20-16-14(18)12-13(17)15(19-2)21-16/h12H,3-11H2,1-2H3,(H2,19,20,21). The van der Waals surface area contributed by atoms with E-state index in [0.29, 0.717) is 6.54 Å². The van der Waals surface area contributed by atoms with Crippen LogP contribution in [-0.2, 0) is 0 Å². The first kappa shape index (κ1) is 17.7. The number of unbranched alkanes of at least 4 members (excludes halogenated alkanes) is 7. The zero-order valence-electron chi connectivity index (χ0n) is 13.1. The van der Waals surface area contributed by atoms with Crippen molar-refractivity contribution in [2.75, 3.05) is 24.2 Å². The number of hydrogen-bond donors (Lipinski definition) is 2. The van der Waals surface area contributed by atoms with E-state index in [1.54, 1.807) is 7.05 Å². The summed E-state index contributed by atoms with van der Waals surface area (Å²) in [6, 6.07) is 0.856. The van der Waals surface area contributed by atoms with Gasteiger partial charge >= 0.3 is 0 Å². The molecule has 21 heavy (non-hydrogen) atoms. The molecule has 0 saturated carbocycles. The number of pyridine rings is 1. The third kappa shape index (κ3) is 6.74. The molecule has 0 radical (unpaired) electrons. The van der Waals surface area contributed by atoms with Crippen LogP contribution in [0, 0.1) is 11.6 Å². The van der Waals surface area contributed by atoms with Crippen LogP contribution in [0.1, 0.15) is 58.3 Å². The number of nitrogens with one attached hydrogen (secondary N) is 2. The van der Waals surface area contributed by atoms with Crippen molar-refractivity contribution in [2.24, 2.45) is 0 Å². The first-order valence-corrected chi connectivity index (χ1v) is 7.96. The molecule has 3 nitrogen and oxygen atoms in total. The second-order valence-electron chi connectivity index (χ2n) is 5.30. The van der Waals surface area contributed by atoms with Gasteiger partial charge in [-0.05, 0) is 6.42 Å². The average molecular weight is 299 g/mol. The van der Waals surface area contributed by atoms with Gasteiger partial charge in [0, 0.05) is 19.7 Å². The monoisotopic (exact) mass is 299 g/mol. The van der Waals surface area contributed by atoms with Crippen LogP contribution in [0.15, 0.2) is 6.07 Å². The van der Waals surface area contributed by atoms with E-state index >= 15 is 0 Å². The lowest BCUT2D eigenvalue weighted by molar-refractivity contribution is 0.572. The van der Waals surface area contributed by atoms with Crippen LogP contribution in [0.2, 0.25) is 0 Å². The second-order valence-corrected chi connectivity index (χ2v) is 5.30. The fraction of sp³-hybridized carbons (Fsp3) is 0.688. The topological polar surface area (TPSA) is 37.0 Å². The molecule has 0 unspecified atom stereocenters. The summed E-state index contributed by atoms with van der Waals surface area (Å²) in [4.78, 5) is 3.89. The molecule has 120 valence electrons. The third-order valence-corrected chi connectivity index (χ3v) is 3.49. The van der Waals surface area contributed by atoms with Crippen LogP contribution >= 0.6 is 0 Å². The van der Waals surface area contributed by atoms with Crippen molar-refractivity contribution in [1.82, 2.24) is 4.98 Å². The Morgan fingerprint density at radius 2 is 1.48 bits per heavy atom. The van der Waals surface area contributed by atoms with Crippen LogP contribution in [0.3, 0.4) is 0 Å². The molecule has 1 rings (SSSR count). The Morgan fingerprint density at radius 3 is 2.10 bits per heavy atom. The molecule has 0 aromatic carbocycles. The molecule has 0 aliphatic heterocycles. The number of hydrogen-bond acceptors (Lipinski definition) is 3. The van der Waals surface area contributed by atoms with Gasteiger partial charge in [0.25, 0.3) is 0 Å². The molecule has 0 fully saturated rings. The minimum Gasteiger partial charge on any atom is -0.371 e. The Bertz CT molecular complexity index is 411. The summed E-state index contributed by atoms with van der Waals surface area (Å²) in [5.74, 6) is -1.14. The Balaban J connectivity index is 2.18. The van der Waals surface area contributed by atoms with Crippen molar-refractivity contribution >= 4 is 11.6 Å². The zero-order valence-corrected chi connectivity index (χ0v) is 13.1. The normalized spacial score (nSPS) is 10.7. The third-order valence-electron chi connectivity index (χ3n) is 3.49. The van der Waals surface area contributed by atoms with E-state index in [0.717, 1.165) is 18.9 Å². The van der Waals surface area contributed by atoms with Gasteiger partial charge in [-0.1, -0.05) is 51.9 Å². The predicted octanol–water partition coefficient (Wildman–Crippen LogP) is 4.95. The van der Waals surface area contributed by atoms with Gasteiger partial charge < -0.3 is 10.6 Å². The van der Waals surface area contributed by atoms with Crippen molar-refractivity contribution in [3.05, 3.63) is 17.7 Å². The Kier molecular flexibility index (Phi) is 8.71. The van der Waals surface area contributed by atoms with Gasteiger partial charge in [-0.15, -0.1) is 0 Å². The van der Waals surface area contributed by atoms with Crippen molar-refractivity contribution in [3.63, 3.8) is 0 Å². The van der Waals surface area contributed by atoms with Crippen LogP contribution in [0.4, 0.5) is 20.4 Å². The van der Waals surface area contributed by atoms with Crippen molar-refractivity contribution in [3.8, 4) is 0 Å². The van der Waals surface area contributed by atoms with Gasteiger partial charge in [0.05, 0.1) is 0 Å². The van der Waals surface area contributed by atoms with Gasteiger partial charge in [0.2, 0.25) is 0 Å². The number of rotatable bonds is 11. The zero-order chi connectivity index (χ0) is 15.5. The highest BCUT2D eigenvalue weighted by Gasteiger charge is 2.10. The van der Waals surface area contributed by atoms with Gasteiger partial charge in [-0.25, -0.2) is 13.8 Å². The lowest BCUT2D eigenvalue weighted by atomic mass is 10.1. The molecule has 1 aromatic heterocycles. The van der Waals surface area contributed by atoms with Crippen LogP contribution < -0.4 is 10.6 Å². The van der Waals surface area contributed by atoms with E-state index in [2.05, 4.69) is 22.5 Å². The van der Waals surface area contributed by atoms with Gasteiger partial charge in [-0.3, -0.25) is 0 Å². The molecule has 0 bridgehead atoms. The molecule has 0 aliphatic rings. The summed E-state index contributed by atoms with van der Waals surface area (Å²) < 4.78 is 26.8. The fourth-order valence-electron chi connectivity index (χ4n) is 2.23. The summed E-state index contributed by atoms with van der Waals surface area (Å²) in [6.07, 6.45) is 9.81. The van der Waals surface area contributed by atoms with Crippen LogP contribution in [-0.4, -0.2) is 18.6 Å². The maximum atomic E-state index is 13.5. The van der Waals surface area contributed by atoms with E-state index < -0.39 is 11.6 Å². The van der Waals surface area contributed by atoms with E-state index in [1.807, 2.05) is 0 Å². The molecule has 0 amide bonds. The molecule has 0 atom stereocenters.